The van der Waals surface area contributed by atoms with Gasteiger partial charge in [-0.1, -0.05) is 6.42 Å². The van der Waals surface area contributed by atoms with E-state index in [1.165, 1.54) is 7.11 Å². The second-order valence-corrected chi connectivity index (χ2v) is 5.74. The molecule has 1 aliphatic carbocycles. The average Bonchev–Trinajstić information content (AvgIpc) is 2.88. The lowest BCUT2D eigenvalue weighted by molar-refractivity contribution is -0.150. The molecule has 2 atom stereocenters. The molecule has 5 heteroatoms. The van der Waals surface area contributed by atoms with Crippen LogP contribution in [0, 0.1) is 5.92 Å². The van der Waals surface area contributed by atoms with Crippen molar-refractivity contribution >= 4 is 5.97 Å². The molecule has 0 saturated heterocycles. The van der Waals surface area contributed by atoms with E-state index >= 15 is 0 Å². The Morgan fingerprint density at radius 3 is 2.75 bits per heavy atom. The van der Waals surface area contributed by atoms with E-state index in [1.54, 1.807) is 7.11 Å². The molecule has 0 bridgehead atoms. The van der Waals surface area contributed by atoms with Gasteiger partial charge in [0.2, 0.25) is 0 Å². The highest BCUT2D eigenvalue weighted by Crippen LogP contribution is 2.38. The van der Waals surface area contributed by atoms with Crippen molar-refractivity contribution in [2.45, 2.75) is 37.6 Å². The van der Waals surface area contributed by atoms with Gasteiger partial charge in [-0.05, 0) is 52.2 Å². The molecule has 0 heterocycles. The number of hydrogen-bond acceptors (Lipinski definition) is 5. The lowest BCUT2D eigenvalue weighted by Gasteiger charge is -2.33. The monoisotopic (exact) mass is 286 g/mol. The Labute approximate surface area is 123 Å². The number of carbonyl (C=O) groups is 1. The molecule has 5 nitrogen and oxygen atoms in total. The molecule has 0 radical (unpaired) electrons. The minimum atomic E-state index is -0.470. The first-order valence-corrected chi connectivity index (χ1v) is 7.55. The van der Waals surface area contributed by atoms with Crippen LogP contribution in [0.4, 0.5) is 0 Å². The molecule has 1 aliphatic rings. The number of nitrogens with one attached hydrogen (secondary N) is 1. The lowest BCUT2D eigenvalue weighted by atomic mass is 9.84. The SMILES string of the molecule is CNC1(C(=O)OC)CCCC1CCN(C)CCCOC. The molecule has 0 amide bonds. The van der Waals surface area contributed by atoms with Gasteiger partial charge in [-0.2, -0.15) is 0 Å². The van der Waals surface area contributed by atoms with E-state index < -0.39 is 5.54 Å². The van der Waals surface area contributed by atoms with E-state index in [2.05, 4.69) is 17.3 Å². The Morgan fingerprint density at radius 2 is 2.15 bits per heavy atom. The Hall–Kier alpha value is -0.650. The summed E-state index contributed by atoms with van der Waals surface area (Å²) >= 11 is 0. The zero-order chi connectivity index (χ0) is 15.0. The second kappa shape index (κ2) is 8.60. The summed E-state index contributed by atoms with van der Waals surface area (Å²) < 4.78 is 10.1. The number of rotatable bonds is 9. The van der Waals surface area contributed by atoms with Gasteiger partial charge in [-0.15, -0.1) is 0 Å². The molecule has 1 rings (SSSR count). The third-order valence-electron chi connectivity index (χ3n) is 4.56. The summed E-state index contributed by atoms with van der Waals surface area (Å²) in [7, 11) is 7.21. The minimum Gasteiger partial charge on any atom is -0.468 e. The summed E-state index contributed by atoms with van der Waals surface area (Å²) in [6.07, 6.45) is 5.15. The number of hydrogen-bond donors (Lipinski definition) is 1. The van der Waals surface area contributed by atoms with Gasteiger partial charge in [-0.3, -0.25) is 4.79 Å². The van der Waals surface area contributed by atoms with E-state index in [0.29, 0.717) is 5.92 Å². The highest BCUT2D eigenvalue weighted by Gasteiger charge is 2.48. The minimum absolute atomic E-state index is 0.107. The number of esters is 1. The summed E-state index contributed by atoms with van der Waals surface area (Å²) in [5.41, 5.74) is -0.470. The maximum atomic E-state index is 12.1. The topological polar surface area (TPSA) is 50.8 Å². The Morgan fingerprint density at radius 1 is 1.40 bits per heavy atom. The molecular weight excluding hydrogens is 256 g/mol. The highest BCUT2D eigenvalue weighted by molar-refractivity contribution is 5.81. The normalized spacial score (nSPS) is 26.1. The largest absolute Gasteiger partial charge is 0.468 e. The van der Waals surface area contributed by atoms with E-state index in [0.717, 1.165) is 51.8 Å². The smallest absolute Gasteiger partial charge is 0.326 e. The van der Waals surface area contributed by atoms with Gasteiger partial charge in [-0.25, -0.2) is 0 Å². The molecule has 0 aliphatic heterocycles. The number of methoxy groups -OCH3 is 2. The van der Waals surface area contributed by atoms with Crippen molar-refractivity contribution in [1.82, 2.24) is 10.2 Å². The third-order valence-corrected chi connectivity index (χ3v) is 4.56. The quantitative estimate of drug-likeness (QED) is 0.511. The molecule has 0 aromatic carbocycles. The zero-order valence-electron chi connectivity index (χ0n) is 13.4. The van der Waals surface area contributed by atoms with Gasteiger partial charge in [0.05, 0.1) is 7.11 Å². The Balaban J connectivity index is 2.47. The fourth-order valence-corrected chi connectivity index (χ4v) is 3.32. The third kappa shape index (κ3) is 4.17. The van der Waals surface area contributed by atoms with Gasteiger partial charge in [0.25, 0.3) is 0 Å². The van der Waals surface area contributed by atoms with Crippen LogP contribution in [-0.2, 0) is 14.3 Å². The Bertz CT molecular complexity index is 299. The van der Waals surface area contributed by atoms with Crippen molar-refractivity contribution in [3.63, 3.8) is 0 Å². The molecule has 0 aromatic rings. The zero-order valence-corrected chi connectivity index (χ0v) is 13.4. The summed E-state index contributed by atoms with van der Waals surface area (Å²) in [5, 5.41) is 3.24. The number of nitrogens with zero attached hydrogens (tertiary/aromatic N) is 1. The Kier molecular flexibility index (Phi) is 7.48. The summed E-state index contributed by atoms with van der Waals surface area (Å²) in [5.74, 6) is 0.259. The predicted octanol–water partition coefficient (Wildman–Crippen LogP) is 1.28. The van der Waals surface area contributed by atoms with E-state index in [9.17, 15) is 4.79 Å². The molecule has 1 saturated carbocycles. The summed E-state index contributed by atoms with van der Waals surface area (Å²) in [4.78, 5) is 14.4. The first-order chi connectivity index (χ1) is 9.60. The van der Waals surface area contributed by atoms with Crippen molar-refractivity contribution in [3.05, 3.63) is 0 Å². The van der Waals surface area contributed by atoms with Crippen molar-refractivity contribution in [2.24, 2.45) is 5.92 Å². The van der Waals surface area contributed by atoms with Gasteiger partial charge in [0.1, 0.15) is 5.54 Å². The first kappa shape index (κ1) is 17.4. The number of carbonyl (C=O) groups excluding carboxylic acids is 1. The summed E-state index contributed by atoms with van der Waals surface area (Å²) in [6.45, 7) is 2.84. The van der Waals surface area contributed by atoms with Crippen molar-refractivity contribution in [2.75, 3.05) is 48.0 Å². The van der Waals surface area contributed by atoms with Crippen LogP contribution < -0.4 is 5.32 Å². The standard InChI is InChI=1S/C15H30N2O3/c1-16-15(14(18)20-4)9-5-7-13(15)8-11-17(2)10-6-12-19-3/h13,16H,5-12H2,1-4H3. The maximum absolute atomic E-state index is 12.1. The maximum Gasteiger partial charge on any atom is 0.326 e. The van der Waals surface area contributed by atoms with E-state index in [1.807, 2.05) is 7.05 Å². The number of ether oxygens (including phenoxy) is 2. The van der Waals surface area contributed by atoms with Crippen LogP contribution in [0.1, 0.15) is 32.1 Å². The van der Waals surface area contributed by atoms with Gasteiger partial charge in [0, 0.05) is 20.3 Å². The van der Waals surface area contributed by atoms with Crippen LogP contribution in [0.15, 0.2) is 0 Å². The average molecular weight is 286 g/mol. The molecule has 0 aromatic heterocycles. The molecule has 20 heavy (non-hydrogen) atoms. The highest BCUT2D eigenvalue weighted by atomic mass is 16.5. The van der Waals surface area contributed by atoms with Crippen molar-refractivity contribution < 1.29 is 14.3 Å². The molecule has 2 unspecified atom stereocenters. The number of likely N-dealkylation sites (N-methyl/N-ethyl adjacent to an activating group) is 1. The van der Waals surface area contributed by atoms with Crippen LogP contribution in [0.2, 0.25) is 0 Å². The molecular formula is C15H30N2O3. The second-order valence-electron chi connectivity index (χ2n) is 5.74. The predicted molar refractivity (Wildman–Crippen MR) is 79.8 cm³/mol. The fourth-order valence-electron chi connectivity index (χ4n) is 3.32. The van der Waals surface area contributed by atoms with Crippen molar-refractivity contribution in [3.8, 4) is 0 Å². The summed E-state index contributed by atoms with van der Waals surface area (Å²) in [6, 6.07) is 0. The van der Waals surface area contributed by atoms with Gasteiger partial charge < -0.3 is 19.7 Å². The van der Waals surface area contributed by atoms with Crippen molar-refractivity contribution in [1.29, 1.82) is 0 Å². The lowest BCUT2D eigenvalue weighted by Crippen LogP contribution is -2.54. The molecule has 1 N–H and O–H groups in total. The van der Waals surface area contributed by atoms with E-state index in [-0.39, 0.29) is 5.97 Å². The molecule has 118 valence electrons. The molecule has 0 spiro atoms. The van der Waals surface area contributed by atoms with Crippen LogP contribution in [-0.4, -0.2) is 64.4 Å². The molecule has 1 fully saturated rings. The first-order valence-electron chi connectivity index (χ1n) is 7.55. The van der Waals surface area contributed by atoms with E-state index in [4.69, 9.17) is 9.47 Å². The van der Waals surface area contributed by atoms with Gasteiger partial charge >= 0.3 is 5.97 Å². The van der Waals surface area contributed by atoms with Gasteiger partial charge in [0.15, 0.2) is 0 Å². The van der Waals surface area contributed by atoms with Crippen LogP contribution >= 0.6 is 0 Å². The van der Waals surface area contributed by atoms with Crippen LogP contribution in [0.5, 0.6) is 0 Å². The van der Waals surface area contributed by atoms with Crippen LogP contribution in [0.25, 0.3) is 0 Å². The fraction of sp³-hybridized carbons (Fsp3) is 0.933. The van der Waals surface area contributed by atoms with Crippen LogP contribution in [0.3, 0.4) is 0 Å².